The first-order chi connectivity index (χ1) is 15.7. The average Bonchev–Trinajstić information content (AvgIpc) is 3.06. The van der Waals surface area contributed by atoms with Gasteiger partial charge in [0.15, 0.2) is 5.65 Å². The zero-order chi connectivity index (χ0) is 23.3. The smallest absolute Gasteiger partial charge is 0.278 e. The Labute approximate surface area is 191 Å². The molecule has 3 heterocycles. The summed E-state index contributed by atoms with van der Waals surface area (Å²) in [7, 11) is 0. The lowest BCUT2D eigenvalue weighted by molar-refractivity contribution is 0.435. The quantitative estimate of drug-likeness (QED) is 0.485. The van der Waals surface area contributed by atoms with Crippen LogP contribution in [0.3, 0.4) is 0 Å². The van der Waals surface area contributed by atoms with Crippen LogP contribution in [0, 0.1) is 5.82 Å². The monoisotopic (exact) mass is 446 g/mol. The molecule has 5 rings (SSSR count). The Kier molecular flexibility index (Phi) is 5.05. The summed E-state index contributed by atoms with van der Waals surface area (Å²) in [6, 6.07) is 12.2. The maximum Gasteiger partial charge on any atom is 0.278 e. The fourth-order valence-corrected chi connectivity index (χ4v) is 4.57. The molecule has 0 aliphatic carbocycles. The summed E-state index contributed by atoms with van der Waals surface area (Å²) >= 11 is 0. The second kappa shape index (κ2) is 7.81. The van der Waals surface area contributed by atoms with Crippen molar-refractivity contribution in [3.8, 4) is 5.69 Å². The number of benzene rings is 2. The molecule has 7 nitrogen and oxygen atoms in total. The Hall–Kier alpha value is -3.52. The molecule has 0 atom stereocenters. The van der Waals surface area contributed by atoms with Gasteiger partial charge in [-0.25, -0.2) is 18.7 Å². The molecule has 1 aliphatic rings. The SMILES string of the molecule is CC(C)n1c(=O)c2cnc(Nc3ccc4c(c3)CNCC4(C)C)nc2n1-c1ccc(F)cc1. The van der Waals surface area contributed by atoms with Crippen molar-refractivity contribution in [2.75, 3.05) is 11.9 Å². The second-order valence-corrected chi connectivity index (χ2v) is 9.45. The number of hydrogen-bond acceptors (Lipinski definition) is 5. The summed E-state index contributed by atoms with van der Waals surface area (Å²) in [4.78, 5) is 22.2. The minimum absolute atomic E-state index is 0.0759. The van der Waals surface area contributed by atoms with E-state index < -0.39 is 0 Å². The summed E-state index contributed by atoms with van der Waals surface area (Å²) in [5, 5.41) is 7.17. The third-order valence-electron chi connectivity index (χ3n) is 6.16. The summed E-state index contributed by atoms with van der Waals surface area (Å²) in [6.07, 6.45) is 1.55. The van der Waals surface area contributed by atoms with Gasteiger partial charge in [0.2, 0.25) is 5.95 Å². The standard InChI is InChI=1S/C25H27FN6O/c1-15(2)31-23(33)20-13-28-24(30-22(20)32(31)19-8-5-17(26)6-9-19)29-18-7-10-21-16(11-18)12-27-14-25(21,3)4/h5-11,13,15,27H,12,14H2,1-4H3,(H,28,29,30). The first-order valence-electron chi connectivity index (χ1n) is 11.1. The second-order valence-electron chi connectivity index (χ2n) is 9.45. The number of anilines is 2. The third kappa shape index (κ3) is 3.70. The predicted octanol–water partition coefficient (Wildman–Crippen LogP) is 4.43. The van der Waals surface area contributed by atoms with Crippen LogP contribution in [0.1, 0.15) is 44.9 Å². The maximum absolute atomic E-state index is 13.5. The molecule has 0 amide bonds. The Morgan fingerprint density at radius 2 is 1.91 bits per heavy atom. The van der Waals surface area contributed by atoms with Gasteiger partial charge in [0, 0.05) is 36.4 Å². The van der Waals surface area contributed by atoms with E-state index in [1.807, 2.05) is 19.9 Å². The molecule has 0 saturated heterocycles. The normalized spacial score (nSPS) is 15.1. The van der Waals surface area contributed by atoms with Gasteiger partial charge in [-0.3, -0.25) is 4.79 Å². The Balaban J connectivity index is 1.59. The van der Waals surface area contributed by atoms with Crippen molar-refractivity contribution in [3.05, 3.63) is 76.0 Å². The molecule has 2 N–H and O–H groups in total. The highest BCUT2D eigenvalue weighted by Gasteiger charge is 2.27. The summed E-state index contributed by atoms with van der Waals surface area (Å²) < 4.78 is 16.9. The summed E-state index contributed by atoms with van der Waals surface area (Å²) in [5.41, 5.74) is 4.48. The lowest BCUT2D eigenvalue weighted by Crippen LogP contribution is -2.38. The van der Waals surface area contributed by atoms with Crippen molar-refractivity contribution in [2.24, 2.45) is 0 Å². The van der Waals surface area contributed by atoms with Gasteiger partial charge in [-0.1, -0.05) is 19.9 Å². The van der Waals surface area contributed by atoms with E-state index in [4.69, 9.17) is 0 Å². The number of nitrogens with one attached hydrogen (secondary N) is 2. The van der Waals surface area contributed by atoms with Crippen LogP contribution >= 0.6 is 0 Å². The van der Waals surface area contributed by atoms with Crippen LogP contribution in [-0.4, -0.2) is 25.9 Å². The van der Waals surface area contributed by atoms with Gasteiger partial charge in [-0.05, 0) is 61.4 Å². The molecule has 0 bridgehead atoms. The Morgan fingerprint density at radius 1 is 1.15 bits per heavy atom. The van der Waals surface area contributed by atoms with Gasteiger partial charge < -0.3 is 10.6 Å². The number of fused-ring (bicyclic) bond motifs is 2. The van der Waals surface area contributed by atoms with Crippen molar-refractivity contribution >= 4 is 22.7 Å². The van der Waals surface area contributed by atoms with Gasteiger partial charge in [-0.15, -0.1) is 0 Å². The molecule has 4 aromatic rings. The minimum Gasteiger partial charge on any atom is -0.324 e. The largest absolute Gasteiger partial charge is 0.324 e. The molecule has 0 radical (unpaired) electrons. The number of hydrogen-bond donors (Lipinski definition) is 2. The average molecular weight is 447 g/mol. The van der Waals surface area contributed by atoms with Crippen molar-refractivity contribution in [1.82, 2.24) is 24.6 Å². The number of halogens is 1. The van der Waals surface area contributed by atoms with E-state index in [1.165, 1.54) is 23.3 Å². The van der Waals surface area contributed by atoms with E-state index in [1.54, 1.807) is 27.7 Å². The topological polar surface area (TPSA) is 76.8 Å². The van der Waals surface area contributed by atoms with E-state index in [2.05, 4.69) is 46.6 Å². The molecule has 0 fully saturated rings. The zero-order valence-electron chi connectivity index (χ0n) is 19.2. The lowest BCUT2D eigenvalue weighted by atomic mass is 9.79. The molecule has 170 valence electrons. The first-order valence-corrected chi connectivity index (χ1v) is 11.1. The number of aromatic nitrogens is 4. The van der Waals surface area contributed by atoms with Crippen molar-refractivity contribution in [1.29, 1.82) is 0 Å². The lowest BCUT2D eigenvalue weighted by Gasteiger charge is -2.33. The van der Waals surface area contributed by atoms with Crippen LogP contribution < -0.4 is 16.2 Å². The maximum atomic E-state index is 13.5. The van der Waals surface area contributed by atoms with Crippen LogP contribution in [0.5, 0.6) is 0 Å². The minimum atomic E-state index is -0.337. The highest BCUT2D eigenvalue weighted by atomic mass is 19.1. The van der Waals surface area contributed by atoms with Gasteiger partial charge in [0.25, 0.3) is 5.56 Å². The predicted molar refractivity (Wildman–Crippen MR) is 128 cm³/mol. The molecular weight excluding hydrogens is 419 g/mol. The van der Waals surface area contributed by atoms with Crippen LogP contribution in [0.15, 0.2) is 53.5 Å². The highest BCUT2D eigenvalue weighted by Crippen LogP contribution is 2.32. The van der Waals surface area contributed by atoms with Crippen LogP contribution in [-0.2, 0) is 12.0 Å². The molecule has 1 aliphatic heterocycles. The van der Waals surface area contributed by atoms with Gasteiger partial charge >= 0.3 is 0 Å². The van der Waals surface area contributed by atoms with Crippen molar-refractivity contribution < 1.29 is 4.39 Å². The molecule has 0 unspecified atom stereocenters. The fraction of sp³-hybridized carbons (Fsp3) is 0.320. The number of rotatable bonds is 4. The van der Waals surface area contributed by atoms with Gasteiger partial charge in [0.1, 0.15) is 11.2 Å². The zero-order valence-corrected chi connectivity index (χ0v) is 19.2. The van der Waals surface area contributed by atoms with E-state index >= 15 is 0 Å². The Morgan fingerprint density at radius 3 is 2.64 bits per heavy atom. The van der Waals surface area contributed by atoms with Crippen molar-refractivity contribution in [3.63, 3.8) is 0 Å². The first kappa shape index (κ1) is 21.3. The summed E-state index contributed by atoms with van der Waals surface area (Å²) in [5.74, 6) is 0.0537. The fourth-order valence-electron chi connectivity index (χ4n) is 4.57. The van der Waals surface area contributed by atoms with Crippen LogP contribution in [0.25, 0.3) is 16.7 Å². The Bertz CT molecular complexity index is 1400. The highest BCUT2D eigenvalue weighted by molar-refractivity contribution is 5.77. The number of nitrogens with zero attached hydrogens (tertiary/aromatic N) is 4. The molecule has 2 aromatic heterocycles. The van der Waals surface area contributed by atoms with Crippen molar-refractivity contribution in [2.45, 2.75) is 45.7 Å². The summed E-state index contributed by atoms with van der Waals surface area (Å²) in [6.45, 7) is 10.1. The molecule has 8 heteroatoms. The molecule has 0 saturated carbocycles. The molecular formula is C25H27FN6O. The van der Waals surface area contributed by atoms with E-state index in [0.29, 0.717) is 22.7 Å². The van der Waals surface area contributed by atoms with Gasteiger partial charge in [-0.2, -0.15) is 4.98 Å². The van der Waals surface area contributed by atoms with Crippen LogP contribution in [0.2, 0.25) is 0 Å². The van der Waals surface area contributed by atoms with Gasteiger partial charge in [0.05, 0.1) is 5.69 Å². The molecule has 2 aromatic carbocycles. The van der Waals surface area contributed by atoms with E-state index in [0.717, 1.165) is 18.8 Å². The van der Waals surface area contributed by atoms with E-state index in [9.17, 15) is 9.18 Å². The molecule has 33 heavy (non-hydrogen) atoms. The van der Waals surface area contributed by atoms with E-state index in [-0.39, 0.29) is 22.8 Å². The third-order valence-corrected chi connectivity index (χ3v) is 6.16. The molecule has 0 spiro atoms. The van der Waals surface area contributed by atoms with Crippen LogP contribution in [0.4, 0.5) is 16.0 Å².